The maximum atomic E-state index is 12.6. The van der Waals surface area contributed by atoms with Crippen molar-refractivity contribution < 1.29 is 27.4 Å². The minimum absolute atomic E-state index is 0.184. The summed E-state index contributed by atoms with van der Waals surface area (Å²) in [6.45, 7) is 1.45. The minimum atomic E-state index is -3.56. The SMILES string of the molecule is COc1ccc(/C=C/C(=O)Nc2ccc(S(=O)(=O)N3CCOCC3)cc2)cc1OC. The predicted molar refractivity (Wildman–Crippen MR) is 113 cm³/mol. The predicted octanol–water partition coefficient (Wildman–Crippen LogP) is 2.38. The lowest BCUT2D eigenvalue weighted by Crippen LogP contribution is -2.40. The molecule has 1 aliphatic rings. The summed E-state index contributed by atoms with van der Waals surface area (Å²) in [4.78, 5) is 12.4. The van der Waals surface area contributed by atoms with E-state index in [1.165, 1.54) is 22.5 Å². The fourth-order valence-corrected chi connectivity index (χ4v) is 4.37. The van der Waals surface area contributed by atoms with Gasteiger partial charge in [-0.25, -0.2) is 8.42 Å². The number of carbonyl (C=O) groups excluding carboxylic acids is 1. The van der Waals surface area contributed by atoms with E-state index < -0.39 is 10.0 Å². The Kier molecular flexibility index (Phi) is 7.09. The largest absolute Gasteiger partial charge is 0.493 e. The average molecular weight is 432 g/mol. The first-order valence-corrected chi connectivity index (χ1v) is 10.8. The van der Waals surface area contributed by atoms with Gasteiger partial charge in [-0.05, 0) is 48.0 Å². The highest BCUT2D eigenvalue weighted by Crippen LogP contribution is 2.28. The zero-order valence-electron chi connectivity index (χ0n) is 16.8. The number of benzene rings is 2. The summed E-state index contributed by atoms with van der Waals surface area (Å²) >= 11 is 0. The number of sulfonamides is 1. The van der Waals surface area contributed by atoms with Crippen LogP contribution < -0.4 is 14.8 Å². The van der Waals surface area contributed by atoms with Crippen LogP contribution in [0, 0.1) is 0 Å². The van der Waals surface area contributed by atoms with E-state index in [1.807, 2.05) is 0 Å². The second kappa shape index (κ2) is 9.75. The van der Waals surface area contributed by atoms with E-state index in [1.54, 1.807) is 50.6 Å². The number of nitrogens with zero attached hydrogens (tertiary/aromatic N) is 1. The van der Waals surface area contributed by atoms with Crippen molar-refractivity contribution in [3.63, 3.8) is 0 Å². The lowest BCUT2D eigenvalue weighted by atomic mass is 10.2. The first-order valence-electron chi connectivity index (χ1n) is 9.33. The Balaban J connectivity index is 1.64. The molecule has 160 valence electrons. The van der Waals surface area contributed by atoms with Gasteiger partial charge in [-0.2, -0.15) is 4.31 Å². The van der Waals surface area contributed by atoms with Crippen molar-refractivity contribution in [3.05, 3.63) is 54.1 Å². The van der Waals surface area contributed by atoms with E-state index in [0.29, 0.717) is 43.5 Å². The molecular weight excluding hydrogens is 408 g/mol. The molecule has 0 aromatic heterocycles. The quantitative estimate of drug-likeness (QED) is 0.675. The van der Waals surface area contributed by atoms with Crippen molar-refractivity contribution in [1.82, 2.24) is 4.31 Å². The van der Waals surface area contributed by atoms with E-state index >= 15 is 0 Å². The zero-order chi connectivity index (χ0) is 21.6. The maximum Gasteiger partial charge on any atom is 0.248 e. The summed E-state index contributed by atoms with van der Waals surface area (Å²) in [6, 6.07) is 11.4. The first-order chi connectivity index (χ1) is 14.4. The monoisotopic (exact) mass is 432 g/mol. The van der Waals surface area contributed by atoms with E-state index in [9.17, 15) is 13.2 Å². The van der Waals surface area contributed by atoms with Gasteiger partial charge in [-0.1, -0.05) is 6.07 Å². The van der Waals surface area contributed by atoms with Gasteiger partial charge in [0.05, 0.1) is 32.3 Å². The fraction of sp³-hybridized carbons (Fsp3) is 0.286. The van der Waals surface area contributed by atoms with Crippen LogP contribution in [-0.4, -0.2) is 59.2 Å². The molecule has 2 aromatic carbocycles. The number of ether oxygens (including phenoxy) is 3. The normalized spacial score (nSPS) is 15.1. The van der Waals surface area contributed by atoms with Gasteiger partial charge in [0.1, 0.15) is 0 Å². The Labute approximate surface area is 176 Å². The molecule has 1 heterocycles. The minimum Gasteiger partial charge on any atom is -0.493 e. The molecule has 0 unspecified atom stereocenters. The van der Waals surface area contributed by atoms with Crippen LogP contribution in [0.5, 0.6) is 11.5 Å². The molecule has 1 saturated heterocycles. The van der Waals surface area contributed by atoms with Gasteiger partial charge < -0.3 is 19.5 Å². The van der Waals surface area contributed by atoms with Crippen molar-refractivity contribution in [3.8, 4) is 11.5 Å². The second-order valence-electron chi connectivity index (χ2n) is 6.48. The molecule has 30 heavy (non-hydrogen) atoms. The third-order valence-corrected chi connectivity index (χ3v) is 6.48. The van der Waals surface area contributed by atoms with Crippen LogP contribution >= 0.6 is 0 Å². The molecule has 0 spiro atoms. The van der Waals surface area contributed by atoms with Crippen LogP contribution in [0.15, 0.2) is 53.4 Å². The number of nitrogens with one attached hydrogen (secondary N) is 1. The van der Waals surface area contributed by atoms with E-state index in [-0.39, 0.29) is 10.8 Å². The molecular formula is C21H24N2O6S. The first kappa shape index (κ1) is 21.8. The third-order valence-electron chi connectivity index (χ3n) is 4.56. The number of amides is 1. The fourth-order valence-electron chi connectivity index (χ4n) is 2.96. The molecule has 2 aromatic rings. The molecule has 0 saturated carbocycles. The highest BCUT2D eigenvalue weighted by molar-refractivity contribution is 7.89. The molecule has 0 aliphatic carbocycles. The molecule has 0 radical (unpaired) electrons. The molecule has 1 fully saturated rings. The van der Waals surface area contributed by atoms with Crippen LogP contribution in [0.2, 0.25) is 0 Å². The average Bonchev–Trinajstić information content (AvgIpc) is 2.78. The Morgan fingerprint density at radius 3 is 2.33 bits per heavy atom. The highest BCUT2D eigenvalue weighted by atomic mass is 32.2. The molecule has 0 atom stereocenters. The van der Waals surface area contributed by atoms with E-state index in [0.717, 1.165) is 5.56 Å². The topological polar surface area (TPSA) is 94.2 Å². The summed E-state index contributed by atoms with van der Waals surface area (Å²) in [6.07, 6.45) is 3.04. The van der Waals surface area contributed by atoms with Gasteiger partial charge in [0.2, 0.25) is 15.9 Å². The number of hydrogen-bond donors (Lipinski definition) is 1. The Bertz CT molecular complexity index is 1010. The Morgan fingerprint density at radius 1 is 1.03 bits per heavy atom. The molecule has 9 heteroatoms. The smallest absolute Gasteiger partial charge is 0.248 e. The summed E-state index contributed by atoms with van der Waals surface area (Å²) in [5.74, 6) is 0.830. The number of rotatable bonds is 7. The molecule has 1 amide bonds. The number of morpholine rings is 1. The molecule has 8 nitrogen and oxygen atoms in total. The lowest BCUT2D eigenvalue weighted by molar-refractivity contribution is -0.111. The van der Waals surface area contributed by atoms with Crippen molar-refractivity contribution >= 4 is 27.7 Å². The van der Waals surface area contributed by atoms with Crippen LogP contribution in [-0.2, 0) is 19.6 Å². The Hall–Kier alpha value is -2.88. The third kappa shape index (κ3) is 5.18. The van der Waals surface area contributed by atoms with Gasteiger partial charge in [0.15, 0.2) is 11.5 Å². The lowest BCUT2D eigenvalue weighted by Gasteiger charge is -2.26. The molecule has 1 N–H and O–H groups in total. The summed E-state index contributed by atoms with van der Waals surface area (Å²) in [7, 11) is -0.465. The zero-order valence-corrected chi connectivity index (χ0v) is 17.6. The maximum absolute atomic E-state index is 12.6. The van der Waals surface area contributed by atoms with Gasteiger partial charge >= 0.3 is 0 Å². The molecule has 1 aliphatic heterocycles. The highest BCUT2D eigenvalue weighted by Gasteiger charge is 2.26. The number of hydrogen-bond acceptors (Lipinski definition) is 6. The van der Waals surface area contributed by atoms with Crippen molar-refractivity contribution in [1.29, 1.82) is 0 Å². The summed E-state index contributed by atoms with van der Waals surface area (Å²) in [5.41, 5.74) is 1.27. The van der Waals surface area contributed by atoms with Crippen LogP contribution in [0.4, 0.5) is 5.69 Å². The summed E-state index contributed by atoms with van der Waals surface area (Å²) in [5, 5.41) is 2.71. The summed E-state index contributed by atoms with van der Waals surface area (Å²) < 4.78 is 42.3. The van der Waals surface area contributed by atoms with E-state index in [2.05, 4.69) is 5.32 Å². The van der Waals surface area contributed by atoms with Crippen LogP contribution in [0.3, 0.4) is 0 Å². The number of carbonyl (C=O) groups is 1. The van der Waals surface area contributed by atoms with Gasteiger partial charge in [0, 0.05) is 24.9 Å². The second-order valence-corrected chi connectivity index (χ2v) is 8.42. The van der Waals surface area contributed by atoms with Gasteiger partial charge in [-0.3, -0.25) is 4.79 Å². The van der Waals surface area contributed by atoms with Crippen LogP contribution in [0.1, 0.15) is 5.56 Å². The standard InChI is InChI=1S/C21H24N2O6S/c1-27-19-9-3-16(15-20(19)28-2)4-10-21(24)22-17-5-7-18(8-6-17)30(25,26)23-11-13-29-14-12-23/h3-10,15H,11-14H2,1-2H3,(H,22,24)/b10-4+. The van der Waals surface area contributed by atoms with E-state index in [4.69, 9.17) is 14.2 Å². The Morgan fingerprint density at radius 2 is 1.70 bits per heavy atom. The van der Waals surface area contributed by atoms with Crippen molar-refractivity contribution in [2.45, 2.75) is 4.90 Å². The molecule has 0 bridgehead atoms. The van der Waals surface area contributed by atoms with Gasteiger partial charge in [-0.15, -0.1) is 0 Å². The molecule has 3 rings (SSSR count). The van der Waals surface area contributed by atoms with Crippen molar-refractivity contribution in [2.24, 2.45) is 0 Å². The van der Waals surface area contributed by atoms with Crippen LogP contribution in [0.25, 0.3) is 6.08 Å². The van der Waals surface area contributed by atoms with Crippen molar-refractivity contribution in [2.75, 3.05) is 45.8 Å². The van der Waals surface area contributed by atoms with Gasteiger partial charge in [0.25, 0.3) is 0 Å². The number of methoxy groups -OCH3 is 2. The number of anilines is 1.